The zero-order valence-corrected chi connectivity index (χ0v) is 14.4. The number of carbonyl (C=O) groups excluding carboxylic acids is 2. The molecule has 0 bridgehead atoms. The third kappa shape index (κ3) is 3.16. The fourth-order valence-electron chi connectivity index (χ4n) is 3.40. The number of benzene rings is 3. The van der Waals surface area contributed by atoms with Crippen LogP contribution in [-0.4, -0.2) is 18.2 Å². The normalized spacial score (nSPS) is 13.2. The van der Waals surface area contributed by atoms with Gasteiger partial charge in [-0.25, -0.2) is 0 Å². The van der Waals surface area contributed by atoms with Crippen LogP contribution in [0.2, 0.25) is 0 Å². The molecule has 0 aromatic heterocycles. The number of hydrogen-bond donors (Lipinski definition) is 0. The second kappa shape index (κ2) is 6.96. The zero-order chi connectivity index (χ0) is 17.9. The van der Waals surface area contributed by atoms with Gasteiger partial charge in [-0.05, 0) is 41.7 Å². The monoisotopic (exact) mass is 341 g/mol. The summed E-state index contributed by atoms with van der Waals surface area (Å²) in [5.41, 5.74) is 4.64. The van der Waals surface area contributed by atoms with Gasteiger partial charge in [-0.15, -0.1) is 0 Å². The number of anilines is 1. The van der Waals surface area contributed by atoms with Crippen molar-refractivity contribution in [2.24, 2.45) is 0 Å². The smallest absolute Gasteiger partial charge is 0.299 e. The highest BCUT2D eigenvalue weighted by Gasteiger charge is 2.35. The van der Waals surface area contributed by atoms with Crippen molar-refractivity contribution in [3.05, 3.63) is 101 Å². The first kappa shape index (κ1) is 16.3. The standard InChI is InChI=1S/C23H19NO2/c25-22-20-16-19(15-18-9-5-2-6-10-18)11-12-21(20)24(23(22)26)14-13-17-7-3-1-4-8-17/h1-12,16H,13-15H2. The number of hydrogen-bond acceptors (Lipinski definition) is 2. The lowest BCUT2D eigenvalue weighted by atomic mass is 10.0. The third-order valence-electron chi connectivity index (χ3n) is 4.75. The number of rotatable bonds is 5. The lowest BCUT2D eigenvalue weighted by Gasteiger charge is -2.16. The van der Waals surface area contributed by atoms with E-state index < -0.39 is 11.7 Å². The fourth-order valence-corrected chi connectivity index (χ4v) is 3.40. The molecular weight excluding hydrogens is 322 g/mol. The van der Waals surface area contributed by atoms with Gasteiger partial charge < -0.3 is 4.90 Å². The Bertz CT molecular complexity index is 948. The van der Waals surface area contributed by atoms with Crippen molar-refractivity contribution >= 4 is 17.4 Å². The number of amides is 1. The lowest BCUT2D eigenvalue weighted by Crippen LogP contribution is -2.31. The molecule has 0 spiro atoms. The first-order valence-electron chi connectivity index (χ1n) is 8.79. The highest BCUT2D eigenvalue weighted by molar-refractivity contribution is 6.52. The summed E-state index contributed by atoms with van der Waals surface area (Å²) in [5, 5.41) is 0. The van der Waals surface area contributed by atoms with Gasteiger partial charge in [0.2, 0.25) is 0 Å². The predicted molar refractivity (Wildman–Crippen MR) is 103 cm³/mol. The van der Waals surface area contributed by atoms with E-state index in [0.717, 1.165) is 29.7 Å². The van der Waals surface area contributed by atoms with Gasteiger partial charge in [-0.2, -0.15) is 0 Å². The molecule has 0 radical (unpaired) electrons. The first-order chi connectivity index (χ1) is 12.7. The van der Waals surface area contributed by atoms with Crippen LogP contribution in [-0.2, 0) is 17.6 Å². The van der Waals surface area contributed by atoms with Crippen molar-refractivity contribution in [1.82, 2.24) is 0 Å². The summed E-state index contributed by atoms with van der Waals surface area (Å²) in [7, 11) is 0. The molecule has 128 valence electrons. The minimum atomic E-state index is -0.423. The molecule has 3 heteroatoms. The number of carbonyl (C=O) groups is 2. The van der Waals surface area contributed by atoms with Crippen LogP contribution in [0.25, 0.3) is 0 Å². The lowest BCUT2D eigenvalue weighted by molar-refractivity contribution is -0.114. The Balaban J connectivity index is 1.56. The Morgan fingerprint density at radius 1 is 0.692 bits per heavy atom. The van der Waals surface area contributed by atoms with E-state index in [1.165, 1.54) is 5.56 Å². The quantitative estimate of drug-likeness (QED) is 0.657. The summed E-state index contributed by atoms with van der Waals surface area (Å²) in [6, 6.07) is 25.9. The molecule has 3 aromatic carbocycles. The molecule has 0 N–H and O–H groups in total. The van der Waals surface area contributed by atoms with Gasteiger partial charge in [-0.1, -0.05) is 66.7 Å². The highest BCUT2D eigenvalue weighted by atomic mass is 16.2. The molecular formula is C23H19NO2. The molecule has 0 saturated heterocycles. The van der Waals surface area contributed by atoms with Gasteiger partial charge in [0.05, 0.1) is 11.3 Å². The van der Waals surface area contributed by atoms with E-state index in [9.17, 15) is 9.59 Å². The van der Waals surface area contributed by atoms with Gasteiger partial charge >= 0.3 is 0 Å². The van der Waals surface area contributed by atoms with Crippen LogP contribution in [0.5, 0.6) is 0 Å². The van der Waals surface area contributed by atoms with Crippen molar-refractivity contribution in [3.63, 3.8) is 0 Å². The Kier molecular flexibility index (Phi) is 4.36. The summed E-state index contributed by atoms with van der Waals surface area (Å²) in [6.07, 6.45) is 1.48. The summed E-state index contributed by atoms with van der Waals surface area (Å²) in [6.45, 7) is 0.514. The van der Waals surface area contributed by atoms with Gasteiger partial charge in [0.1, 0.15) is 0 Å². The van der Waals surface area contributed by atoms with Crippen LogP contribution in [0.1, 0.15) is 27.0 Å². The molecule has 0 aliphatic carbocycles. The minimum absolute atomic E-state index is 0.400. The summed E-state index contributed by atoms with van der Waals surface area (Å²) in [4.78, 5) is 26.5. The molecule has 3 aromatic rings. The molecule has 1 heterocycles. The Labute approximate surface area is 152 Å². The SMILES string of the molecule is O=C1C(=O)N(CCc2ccccc2)c2ccc(Cc3ccccc3)cc21. The van der Waals surface area contributed by atoms with E-state index in [1.54, 1.807) is 4.90 Å². The maximum Gasteiger partial charge on any atom is 0.299 e. The van der Waals surface area contributed by atoms with Crippen LogP contribution in [0, 0.1) is 0 Å². The largest absolute Gasteiger partial charge is 0.304 e. The van der Waals surface area contributed by atoms with Gasteiger partial charge in [-0.3, -0.25) is 9.59 Å². The molecule has 0 unspecified atom stereocenters. The summed E-state index contributed by atoms with van der Waals surface area (Å²) in [5.74, 6) is -0.823. The number of nitrogens with zero attached hydrogens (tertiary/aromatic N) is 1. The van der Waals surface area contributed by atoms with E-state index in [4.69, 9.17) is 0 Å². The highest BCUT2D eigenvalue weighted by Crippen LogP contribution is 2.30. The average Bonchev–Trinajstić information content (AvgIpc) is 2.92. The van der Waals surface area contributed by atoms with Gasteiger partial charge in [0.25, 0.3) is 11.7 Å². The predicted octanol–water partition coefficient (Wildman–Crippen LogP) is 4.05. The first-order valence-corrected chi connectivity index (χ1v) is 8.79. The van der Waals surface area contributed by atoms with E-state index in [0.29, 0.717) is 12.1 Å². The van der Waals surface area contributed by atoms with Gasteiger partial charge in [0.15, 0.2) is 0 Å². The Hall–Kier alpha value is -3.20. The molecule has 3 nitrogen and oxygen atoms in total. The molecule has 1 aliphatic rings. The molecule has 0 fully saturated rings. The topological polar surface area (TPSA) is 37.4 Å². The van der Waals surface area contributed by atoms with Crippen LogP contribution in [0.15, 0.2) is 78.9 Å². The van der Waals surface area contributed by atoms with E-state index in [2.05, 4.69) is 12.1 Å². The van der Waals surface area contributed by atoms with Crippen LogP contribution in [0.3, 0.4) is 0 Å². The summed E-state index contributed by atoms with van der Waals surface area (Å²) < 4.78 is 0. The molecule has 4 rings (SSSR count). The van der Waals surface area contributed by atoms with Crippen LogP contribution in [0.4, 0.5) is 5.69 Å². The average molecular weight is 341 g/mol. The van der Waals surface area contributed by atoms with E-state index in [1.807, 2.05) is 66.7 Å². The molecule has 0 saturated carbocycles. The van der Waals surface area contributed by atoms with Gasteiger partial charge in [0, 0.05) is 6.54 Å². The van der Waals surface area contributed by atoms with Crippen LogP contribution < -0.4 is 4.90 Å². The van der Waals surface area contributed by atoms with Crippen molar-refractivity contribution in [2.45, 2.75) is 12.8 Å². The second-order valence-corrected chi connectivity index (χ2v) is 6.54. The minimum Gasteiger partial charge on any atom is -0.304 e. The molecule has 26 heavy (non-hydrogen) atoms. The summed E-state index contributed by atoms with van der Waals surface area (Å²) >= 11 is 0. The molecule has 1 aliphatic heterocycles. The maximum absolute atomic E-state index is 12.4. The van der Waals surface area contributed by atoms with E-state index >= 15 is 0 Å². The molecule has 0 atom stereocenters. The maximum atomic E-state index is 12.4. The van der Waals surface area contributed by atoms with Crippen molar-refractivity contribution in [2.75, 3.05) is 11.4 Å². The Morgan fingerprint density at radius 3 is 2.04 bits per heavy atom. The second-order valence-electron chi connectivity index (χ2n) is 6.54. The van der Waals surface area contributed by atoms with Crippen molar-refractivity contribution in [1.29, 1.82) is 0 Å². The number of ketones is 1. The van der Waals surface area contributed by atoms with Crippen LogP contribution >= 0.6 is 0 Å². The third-order valence-corrected chi connectivity index (χ3v) is 4.75. The zero-order valence-electron chi connectivity index (χ0n) is 14.4. The Morgan fingerprint density at radius 2 is 1.35 bits per heavy atom. The van der Waals surface area contributed by atoms with Crippen molar-refractivity contribution in [3.8, 4) is 0 Å². The molecule has 1 amide bonds. The van der Waals surface area contributed by atoms with Crippen molar-refractivity contribution < 1.29 is 9.59 Å². The number of Topliss-reactive ketones (excluding diaryl/α,β-unsaturated/α-hetero) is 1. The van der Waals surface area contributed by atoms with E-state index in [-0.39, 0.29) is 0 Å². The fraction of sp³-hybridized carbons (Fsp3) is 0.130. The number of fused-ring (bicyclic) bond motifs is 1.